The van der Waals surface area contributed by atoms with Crippen molar-refractivity contribution in [2.45, 2.75) is 38.6 Å². The molecule has 1 N–H and O–H groups in total. The number of ether oxygens (including phenoxy) is 1. The van der Waals surface area contributed by atoms with E-state index in [-0.39, 0.29) is 11.4 Å². The number of hydrogen-bond acceptors (Lipinski definition) is 3. The highest BCUT2D eigenvalue weighted by Crippen LogP contribution is 2.45. The molecule has 0 amide bonds. The molecule has 0 aromatic heterocycles. The molecule has 3 nitrogen and oxygen atoms in total. The Morgan fingerprint density at radius 3 is 2.39 bits per heavy atom. The Kier molecular flexibility index (Phi) is 3.33. The van der Waals surface area contributed by atoms with Crippen molar-refractivity contribution in [3.63, 3.8) is 0 Å². The van der Waals surface area contributed by atoms with Gasteiger partial charge in [-0.05, 0) is 36.8 Å². The second-order valence-corrected chi connectivity index (χ2v) is 5.91. The van der Waals surface area contributed by atoms with Gasteiger partial charge >= 0.3 is 5.97 Å². The summed E-state index contributed by atoms with van der Waals surface area (Å²) < 4.78 is 5.00. The van der Waals surface area contributed by atoms with E-state index >= 15 is 0 Å². The van der Waals surface area contributed by atoms with Crippen LogP contribution in [0.2, 0.25) is 0 Å². The monoisotopic (exact) mass is 247 g/mol. The maximum absolute atomic E-state index is 12.1. The van der Waals surface area contributed by atoms with Crippen LogP contribution in [-0.4, -0.2) is 18.6 Å². The van der Waals surface area contributed by atoms with Crippen LogP contribution < -0.4 is 5.32 Å². The van der Waals surface area contributed by atoms with Gasteiger partial charge in [-0.2, -0.15) is 0 Å². The average Bonchev–Trinajstić information content (AvgIpc) is 2.66. The summed E-state index contributed by atoms with van der Waals surface area (Å²) in [4.78, 5) is 12.1. The van der Waals surface area contributed by atoms with Crippen molar-refractivity contribution < 1.29 is 9.53 Å². The first-order valence-corrected chi connectivity index (χ1v) is 6.39. The zero-order valence-electron chi connectivity index (χ0n) is 11.3. The van der Waals surface area contributed by atoms with Crippen LogP contribution in [0, 0.1) is 5.41 Å². The van der Waals surface area contributed by atoms with Crippen LogP contribution in [0.25, 0.3) is 0 Å². The van der Waals surface area contributed by atoms with Gasteiger partial charge in [0.1, 0.15) is 5.54 Å². The van der Waals surface area contributed by atoms with Gasteiger partial charge in [0, 0.05) is 5.69 Å². The molecule has 1 aromatic rings. The molecule has 1 saturated carbocycles. The van der Waals surface area contributed by atoms with Crippen molar-refractivity contribution in [2.75, 3.05) is 12.4 Å². The number of hydrogen-bond donors (Lipinski definition) is 1. The third-order valence-corrected chi connectivity index (χ3v) is 3.74. The third-order valence-electron chi connectivity index (χ3n) is 3.74. The molecule has 0 bridgehead atoms. The van der Waals surface area contributed by atoms with E-state index < -0.39 is 5.54 Å². The fourth-order valence-corrected chi connectivity index (χ4v) is 2.87. The van der Waals surface area contributed by atoms with Crippen molar-refractivity contribution in [3.8, 4) is 0 Å². The molecule has 1 fully saturated rings. The van der Waals surface area contributed by atoms with Crippen LogP contribution >= 0.6 is 0 Å². The normalized spacial score (nSPS) is 25.7. The molecule has 0 heterocycles. The maximum atomic E-state index is 12.1. The van der Waals surface area contributed by atoms with E-state index in [9.17, 15) is 4.79 Å². The summed E-state index contributed by atoms with van der Waals surface area (Å²) in [5.74, 6) is -0.156. The summed E-state index contributed by atoms with van der Waals surface area (Å²) in [7, 11) is 1.46. The van der Waals surface area contributed by atoms with E-state index in [1.807, 2.05) is 30.3 Å². The summed E-state index contributed by atoms with van der Waals surface area (Å²) in [5.41, 5.74) is 0.579. The molecule has 2 rings (SSSR count). The minimum Gasteiger partial charge on any atom is -0.467 e. The minimum absolute atomic E-state index is 0.156. The first-order chi connectivity index (χ1) is 8.47. The van der Waals surface area contributed by atoms with Gasteiger partial charge in [0.15, 0.2) is 0 Å². The second-order valence-electron chi connectivity index (χ2n) is 5.91. The standard InChI is InChI=1S/C15H21NO2/c1-14(2)9-10-15(11-14,13(17)18-3)16-12-7-5-4-6-8-12/h4-8,16H,9-11H2,1-3H3. The molecule has 1 aliphatic carbocycles. The van der Waals surface area contributed by atoms with Crippen LogP contribution in [0.15, 0.2) is 30.3 Å². The van der Waals surface area contributed by atoms with E-state index in [4.69, 9.17) is 4.74 Å². The van der Waals surface area contributed by atoms with Gasteiger partial charge in [-0.25, -0.2) is 4.79 Å². The molecule has 98 valence electrons. The van der Waals surface area contributed by atoms with E-state index in [1.54, 1.807) is 0 Å². The van der Waals surface area contributed by atoms with Crippen molar-refractivity contribution >= 4 is 11.7 Å². The molecular weight excluding hydrogens is 226 g/mol. The quantitative estimate of drug-likeness (QED) is 0.833. The number of carbonyl (C=O) groups is 1. The zero-order chi connectivity index (χ0) is 13.2. The maximum Gasteiger partial charge on any atom is 0.331 e. The van der Waals surface area contributed by atoms with E-state index in [1.165, 1.54) is 7.11 Å². The number of nitrogens with one attached hydrogen (secondary N) is 1. The number of methoxy groups -OCH3 is 1. The number of benzene rings is 1. The van der Waals surface area contributed by atoms with E-state index in [2.05, 4.69) is 19.2 Å². The van der Waals surface area contributed by atoms with Gasteiger partial charge < -0.3 is 10.1 Å². The minimum atomic E-state index is -0.570. The van der Waals surface area contributed by atoms with Crippen LogP contribution in [0.1, 0.15) is 33.1 Å². The molecular formula is C15H21NO2. The number of para-hydroxylation sites is 1. The first-order valence-electron chi connectivity index (χ1n) is 6.39. The topological polar surface area (TPSA) is 38.3 Å². The van der Waals surface area contributed by atoms with Crippen molar-refractivity contribution in [3.05, 3.63) is 30.3 Å². The molecule has 18 heavy (non-hydrogen) atoms. The lowest BCUT2D eigenvalue weighted by Gasteiger charge is -2.30. The third kappa shape index (κ3) is 2.50. The Hall–Kier alpha value is -1.51. The fraction of sp³-hybridized carbons (Fsp3) is 0.533. The molecule has 0 aliphatic heterocycles. The summed E-state index contributed by atoms with van der Waals surface area (Å²) in [6.45, 7) is 4.40. The average molecular weight is 247 g/mol. The highest BCUT2D eigenvalue weighted by molar-refractivity contribution is 5.85. The first kappa shape index (κ1) is 12.9. The van der Waals surface area contributed by atoms with Crippen LogP contribution in [0.3, 0.4) is 0 Å². The van der Waals surface area contributed by atoms with Gasteiger partial charge in [-0.1, -0.05) is 32.0 Å². The summed E-state index contributed by atoms with van der Waals surface area (Å²) >= 11 is 0. The molecule has 3 heteroatoms. The van der Waals surface area contributed by atoms with Crippen LogP contribution in [-0.2, 0) is 9.53 Å². The molecule has 0 saturated heterocycles. The molecule has 0 radical (unpaired) electrons. The van der Waals surface area contributed by atoms with Gasteiger partial charge in [-0.3, -0.25) is 0 Å². The van der Waals surface area contributed by atoms with E-state index in [0.29, 0.717) is 0 Å². The van der Waals surface area contributed by atoms with Gasteiger partial charge in [0.05, 0.1) is 7.11 Å². The molecule has 0 spiro atoms. The number of carbonyl (C=O) groups excluding carboxylic acids is 1. The second kappa shape index (κ2) is 4.63. The summed E-state index contributed by atoms with van der Waals surface area (Å²) in [6.07, 6.45) is 2.66. The molecule has 1 atom stereocenters. The van der Waals surface area contributed by atoms with Gasteiger partial charge in [-0.15, -0.1) is 0 Å². The lowest BCUT2D eigenvalue weighted by molar-refractivity contribution is -0.146. The van der Waals surface area contributed by atoms with E-state index in [0.717, 1.165) is 24.9 Å². The Balaban J connectivity index is 2.25. The molecule has 1 aliphatic rings. The largest absolute Gasteiger partial charge is 0.467 e. The van der Waals surface area contributed by atoms with Gasteiger partial charge in [0.25, 0.3) is 0 Å². The predicted molar refractivity (Wildman–Crippen MR) is 72.4 cm³/mol. The SMILES string of the molecule is COC(=O)C1(Nc2ccccc2)CCC(C)(C)C1. The van der Waals surface area contributed by atoms with Crippen molar-refractivity contribution in [1.29, 1.82) is 0 Å². The predicted octanol–water partition coefficient (Wildman–Crippen LogP) is 3.22. The highest BCUT2D eigenvalue weighted by atomic mass is 16.5. The van der Waals surface area contributed by atoms with Crippen molar-refractivity contribution in [2.24, 2.45) is 5.41 Å². The lowest BCUT2D eigenvalue weighted by Crippen LogP contribution is -2.45. The highest BCUT2D eigenvalue weighted by Gasteiger charge is 2.49. The number of rotatable bonds is 3. The Morgan fingerprint density at radius 1 is 1.22 bits per heavy atom. The number of esters is 1. The lowest BCUT2D eigenvalue weighted by atomic mass is 9.87. The van der Waals surface area contributed by atoms with Crippen LogP contribution in [0.5, 0.6) is 0 Å². The van der Waals surface area contributed by atoms with Crippen molar-refractivity contribution in [1.82, 2.24) is 0 Å². The molecule has 1 unspecified atom stereocenters. The summed E-state index contributed by atoms with van der Waals surface area (Å²) in [5, 5.41) is 3.39. The van der Waals surface area contributed by atoms with Gasteiger partial charge in [0.2, 0.25) is 0 Å². The zero-order valence-corrected chi connectivity index (χ0v) is 11.3. The molecule has 1 aromatic carbocycles. The number of anilines is 1. The fourth-order valence-electron chi connectivity index (χ4n) is 2.87. The van der Waals surface area contributed by atoms with Crippen LogP contribution in [0.4, 0.5) is 5.69 Å². The Bertz CT molecular complexity index is 427. The summed E-state index contributed by atoms with van der Waals surface area (Å²) in [6, 6.07) is 9.86. The smallest absolute Gasteiger partial charge is 0.331 e. The Labute approximate surface area is 109 Å². The Morgan fingerprint density at radius 2 is 1.89 bits per heavy atom.